The molecule has 1 fully saturated rings. The average Bonchev–Trinajstić information content (AvgIpc) is 3.41. The lowest BCUT2D eigenvalue weighted by molar-refractivity contribution is 0.102. The van der Waals surface area contributed by atoms with Crippen molar-refractivity contribution in [2.45, 2.75) is 6.92 Å². The number of amides is 1. The number of nitrogens with one attached hydrogen (secondary N) is 4. The Morgan fingerprint density at radius 1 is 1.02 bits per heavy atom. The van der Waals surface area contributed by atoms with E-state index in [4.69, 9.17) is 4.74 Å². The topological polar surface area (TPSA) is 132 Å². The molecule has 1 aromatic carbocycles. The van der Waals surface area contributed by atoms with Gasteiger partial charge in [0, 0.05) is 75.3 Å². The molecule has 2 aliphatic heterocycles. The summed E-state index contributed by atoms with van der Waals surface area (Å²) in [5.74, 6) is 1.01. The number of anilines is 6. The summed E-state index contributed by atoms with van der Waals surface area (Å²) in [6.45, 7) is 6.64. The SMILES string of the molecule is Cc1c(Nc2cc[nH]c(=O)c2C(=O)Nc2ccc(N3CCN(c4nccn4C)CC3)cc2)cnc2c1NCCO2. The van der Waals surface area contributed by atoms with E-state index in [9.17, 15) is 9.59 Å². The van der Waals surface area contributed by atoms with Crippen LogP contribution in [0, 0.1) is 6.92 Å². The molecule has 0 aliphatic carbocycles. The van der Waals surface area contributed by atoms with Crippen LogP contribution in [-0.2, 0) is 7.05 Å². The lowest BCUT2D eigenvalue weighted by Crippen LogP contribution is -2.47. The van der Waals surface area contributed by atoms with Crippen LogP contribution < -0.4 is 36.0 Å². The van der Waals surface area contributed by atoms with Crippen molar-refractivity contribution in [3.63, 3.8) is 0 Å². The van der Waals surface area contributed by atoms with Gasteiger partial charge in [0.1, 0.15) is 17.9 Å². The van der Waals surface area contributed by atoms with E-state index in [1.54, 1.807) is 12.3 Å². The lowest BCUT2D eigenvalue weighted by Gasteiger charge is -2.36. The number of carbonyl (C=O) groups excluding carboxylic acids is 1. The molecule has 0 saturated carbocycles. The van der Waals surface area contributed by atoms with E-state index >= 15 is 0 Å². The molecular formula is C28H31N9O3. The number of fused-ring (bicyclic) bond motifs is 1. The van der Waals surface area contributed by atoms with Gasteiger partial charge in [-0.05, 0) is 37.3 Å². The van der Waals surface area contributed by atoms with Crippen LogP contribution in [0.15, 0.2) is 59.9 Å². The molecule has 0 spiro atoms. The molecule has 6 rings (SSSR count). The van der Waals surface area contributed by atoms with Gasteiger partial charge in [0.25, 0.3) is 11.5 Å². The van der Waals surface area contributed by atoms with Crippen molar-refractivity contribution in [2.24, 2.45) is 7.05 Å². The van der Waals surface area contributed by atoms with Crippen molar-refractivity contribution < 1.29 is 9.53 Å². The van der Waals surface area contributed by atoms with Crippen LogP contribution >= 0.6 is 0 Å². The van der Waals surface area contributed by atoms with Crippen LogP contribution in [0.3, 0.4) is 0 Å². The van der Waals surface area contributed by atoms with E-state index in [1.807, 2.05) is 55.2 Å². The highest BCUT2D eigenvalue weighted by Crippen LogP contribution is 2.34. The Kier molecular flexibility index (Phi) is 6.72. The Morgan fingerprint density at radius 3 is 2.55 bits per heavy atom. The van der Waals surface area contributed by atoms with Gasteiger partial charge in [0.05, 0.1) is 17.6 Å². The largest absolute Gasteiger partial charge is 0.474 e. The molecule has 0 atom stereocenters. The van der Waals surface area contributed by atoms with Crippen LogP contribution in [0.4, 0.5) is 34.4 Å². The van der Waals surface area contributed by atoms with Gasteiger partial charge in [-0.2, -0.15) is 0 Å². The molecule has 1 saturated heterocycles. The predicted molar refractivity (Wildman–Crippen MR) is 155 cm³/mol. The normalized spacial score (nSPS) is 14.7. The van der Waals surface area contributed by atoms with Crippen LogP contribution in [0.1, 0.15) is 15.9 Å². The zero-order valence-corrected chi connectivity index (χ0v) is 22.4. The quantitative estimate of drug-likeness (QED) is 0.291. The molecule has 4 aromatic rings. The zero-order valence-electron chi connectivity index (χ0n) is 22.4. The monoisotopic (exact) mass is 541 g/mol. The summed E-state index contributed by atoms with van der Waals surface area (Å²) < 4.78 is 7.63. The van der Waals surface area contributed by atoms with Crippen LogP contribution in [0.25, 0.3) is 0 Å². The fourth-order valence-electron chi connectivity index (χ4n) is 5.08. The summed E-state index contributed by atoms with van der Waals surface area (Å²) in [4.78, 5) is 42.0. The maximum atomic E-state index is 13.3. The molecule has 0 radical (unpaired) electrons. The van der Waals surface area contributed by atoms with E-state index in [0.29, 0.717) is 36.1 Å². The van der Waals surface area contributed by atoms with Crippen molar-refractivity contribution in [1.82, 2.24) is 19.5 Å². The number of aryl methyl sites for hydroxylation is 1. The second-order valence-corrected chi connectivity index (χ2v) is 9.79. The standard InChI is InChI=1S/C28H31N9O3/c1-18-22(17-32-27-24(18)29-10-16-40-27)34-21-7-8-30-25(38)23(21)26(39)33-19-3-5-20(6-4-19)36-12-14-37(15-13-36)28-31-9-11-35(28)2/h3-9,11,17,29H,10,12-16H2,1-2H3,(H,33,39)(H2,30,34,38). The van der Waals surface area contributed by atoms with E-state index in [1.165, 1.54) is 6.20 Å². The van der Waals surface area contributed by atoms with Gasteiger partial charge in [0.15, 0.2) is 0 Å². The number of piperazine rings is 1. The number of hydrogen-bond acceptors (Lipinski definition) is 9. The number of benzene rings is 1. The maximum Gasteiger partial charge on any atom is 0.263 e. The number of rotatable bonds is 6. The van der Waals surface area contributed by atoms with Crippen molar-refractivity contribution in [3.05, 3.63) is 76.6 Å². The number of carbonyl (C=O) groups is 1. The molecule has 5 heterocycles. The molecule has 0 bridgehead atoms. The number of hydrogen-bond donors (Lipinski definition) is 4. The average molecular weight is 542 g/mol. The third-order valence-corrected chi connectivity index (χ3v) is 7.25. The van der Waals surface area contributed by atoms with E-state index in [2.05, 4.69) is 40.7 Å². The molecule has 2 aliphatic rings. The first-order valence-corrected chi connectivity index (χ1v) is 13.2. The summed E-state index contributed by atoms with van der Waals surface area (Å²) in [7, 11) is 2.00. The molecule has 4 N–H and O–H groups in total. The Balaban J connectivity index is 1.14. The Bertz CT molecular complexity index is 1590. The Morgan fingerprint density at radius 2 is 1.80 bits per heavy atom. The van der Waals surface area contributed by atoms with Crippen molar-refractivity contribution in [3.8, 4) is 5.88 Å². The minimum atomic E-state index is -0.509. The van der Waals surface area contributed by atoms with Gasteiger partial charge in [-0.15, -0.1) is 0 Å². The van der Waals surface area contributed by atoms with Gasteiger partial charge >= 0.3 is 0 Å². The third-order valence-electron chi connectivity index (χ3n) is 7.25. The number of H-pyrrole nitrogens is 1. The number of pyridine rings is 2. The van der Waals surface area contributed by atoms with Crippen molar-refractivity contribution in [1.29, 1.82) is 0 Å². The van der Waals surface area contributed by atoms with Gasteiger partial charge < -0.3 is 40.0 Å². The van der Waals surface area contributed by atoms with Gasteiger partial charge in [-0.3, -0.25) is 9.59 Å². The fraction of sp³-hybridized carbons (Fsp3) is 0.286. The molecule has 12 nitrogen and oxygen atoms in total. The highest BCUT2D eigenvalue weighted by molar-refractivity contribution is 6.08. The molecular weight excluding hydrogens is 510 g/mol. The smallest absolute Gasteiger partial charge is 0.263 e. The molecule has 3 aromatic heterocycles. The van der Waals surface area contributed by atoms with Crippen LogP contribution in [0.2, 0.25) is 0 Å². The molecule has 0 unspecified atom stereocenters. The van der Waals surface area contributed by atoms with E-state index < -0.39 is 11.5 Å². The van der Waals surface area contributed by atoms with Gasteiger partial charge in [0.2, 0.25) is 11.8 Å². The first kappa shape index (κ1) is 25.3. The first-order chi connectivity index (χ1) is 19.5. The summed E-state index contributed by atoms with van der Waals surface area (Å²) >= 11 is 0. The summed E-state index contributed by atoms with van der Waals surface area (Å²) in [6, 6.07) is 9.33. The lowest BCUT2D eigenvalue weighted by atomic mass is 10.1. The third kappa shape index (κ3) is 4.91. The van der Waals surface area contributed by atoms with Gasteiger partial charge in [-0.1, -0.05) is 0 Å². The number of ether oxygens (including phenoxy) is 1. The summed E-state index contributed by atoms with van der Waals surface area (Å²) in [6.07, 6.45) is 6.91. The molecule has 206 valence electrons. The Hall–Kier alpha value is -5.00. The highest BCUT2D eigenvalue weighted by Gasteiger charge is 2.22. The summed E-state index contributed by atoms with van der Waals surface area (Å²) in [5.41, 5.74) is 3.90. The second kappa shape index (κ2) is 10.6. The minimum Gasteiger partial charge on any atom is -0.474 e. The van der Waals surface area contributed by atoms with E-state index in [0.717, 1.165) is 49.1 Å². The van der Waals surface area contributed by atoms with E-state index in [-0.39, 0.29) is 5.56 Å². The number of nitrogens with zero attached hydrogens (tertiary/aromatic N) is 5. The van der Waals surface area contributed by atoms with Crippen LogP contribution in [0.5, 0.6) is 5.88 Å². The van der Waals surface area contributed by atoms with Gasteiger partial charge in [-0.25, -0.2) is 9.97 Å². The number of aromatic nitrogens is 4. The number of imidazole rings is 1. The minimum absolute atomic E-state index is 0.0155. The maximum absolute atomic E-state index is 13.3. The fourth-order valence-corrected chi connectivity index (χ4v) is 5.08. The zero-order chi connectivity index (χ0) is 27.6. The summed E-state index contributed by atoms with van der Waals surface area (Å²) in [5, 5.41) is 9.37. The second-order valence-electron chi connectivity index (χ2n) is 9.79. The molecule has 12 heteroatoms. The molecule has 40 heavy (non-hydrogen) atoms. The predicted octanol–water partition coefficient (Wildman–Crippen LogP) is 2.94. The van der Waals surface area contributed by atoms with Crippen molar-refractivity contribution in [2.75, 3.05) is 65.1 Å². The number of aromatic amines is 1. The molecule has 1 amide bonds. The first-order valence-electron chi connectivity index (χ1n) is 13.2. The van der Waals surface area contributed by atoms with Crippen LogP contribution in [-0.4, -0.2) is 64.8 Å². The van der Waals surface area contributed by atoms with Crippen molar-refractivity contribution >= 4 is 40.3 Å². The highest BCUT2D eigenvalue weighted by atomic mass is 16.5. The Labute approximate surface area is 231 Å².